The van der Waals surface area contributed by atoms with E-state index in [1.54, 1.807) is 0 Å². The van der Waals surface area contributed by atoms with Gasteiger partial charge in [-0.05, 0) is 18.2 Å². The van der Waals surface area contributed by atoms with Crippen molar-refractivity contribution in [1.82, 2.24) is 9.21 Å². The number of benzene rings is 1. The van der Waals surface area contributed by atoms with Crippen LogP contribution in [0.3, 0.4) is 0 Å². The first kappa shape index (κ1) is 16.7. The molecule has 0 spiro atoms. The molecule has 1 aromatic carbocycles. The number of rotatable bonds is 3. The van der Waals surface area contributed by atoms with Crippen LogP contribution in [-0.4, -0.2) is 61.4 Å². The first-order valence-corrected chi connectivity index (χ1v) is 8.30. The number of aliphatic hydroxyl groups excluding tert-OH is 1. The second-order valence-electron chi connectivity index (χ2n) is 4.70. The van der Waals surface area contributed by atoms with E-state index in [0.29, 0.717) is 0 Å². The largest absolute Gasteiger partial charge is 0.387 e. The van der Waals surface area contributed by atoms with Crippen molar-refractivity contribution in [3.8, 4) is 6.07 Å². The number of piperazine rings is 1. The number of aliphatic hydroxyl groups is 1. The van der Waals surface area contributed by atoms with Gasteiger partial charge in [0.25, 0.3) is 0 Å². The maximum Gasteiger partial charge on any atom is 0.248 e. The first-order valence-electron chi connectivity index (χ1n) is 6.48. The van der Waals surface area contributed by atoms with E-state index in [9.17, 15) is 13.2 Å². The molecule has 0 bridgehead atoms. The third kappa shape index (κ3) is 3.23. The Balaban J connectivity index is 2.17. The molecule has 0 aromatic heterocycles. The van der Waals surface area contributed by atoms with E-state index in [-0.39, 0.29) is 41.7 Å². The summed E-state index contributed by atoms with van der Waals surface area (Å²) in [5, 5.41) is 17.7. The van der Waals surface area contributed by atoms with Crippen LogP contribution in [0.15, 0.2) is 23.1 Å². The maximum atomic E-state index is 12.5. The molecule has 0 unspecified atom stereocenters. The van der Waals surface area contributed by atoms with Crippen LogP contribution in [0.25, 0.3) is 0 Å². The van der Waals surface area contributed by atoms with Crippen LogP contribution >= 0.6 is 11.6 Å². The van der Waals surface area contributed by atoms with Gasteiger partial charge in [-0.1, -0.05) is 11.6 Å². The fraction of sp³-hybridized carbons (Fsp3) is 0.385. The Hall–Kier alpha value is -1.66. The van der Waals surface area contributed by atoms with Crippen molar-refractivity contribution in [1.29, 1.82) is 5.26 Å². The molecule has 0 radical (unpaired) electrons. The lowest BCUT2D eigenvalue weighted by atomic mass is 10.2. The molecule has 118 valence electrons. The standard InChI is InChI=1S/C13H14ClN3O4S/c14-12-7-11(2-1-10(12)8-15)22(20,21)17-5-3-16(4-6-17)13(19)9-18/h1-2,7,18H,3-6,9H2. The second-order valence-corrected chi connectivity index (χ2v) is 7.04. The highest BCUT2D eigenvalue weighted by Crippen LogP contribution is 2.23. The van der Waals surface area contributed by atoms with E-state index < -0.39 is 22.5 Å². The third-order valence-electron chi connectivity index (χ3n) is 3.43. The van der Waals surface area contributed by atoms with Gasteiger partial charge in [-0.3, -0.25) is 4.79 Å². The second kappa shape index (κ2) is 6.62. The number of nitrogens with zero attached hydrogens (tertiary/aromatic N) is 3. The first-order chi connectivity index (χ1) is 10.4. The molecule has 1 N–H and O–H groups in total. The van der Waals surface area contributed by atoms with Crippen LogP contribution in [0, 0.1) is 11.3 Å². The zero-order valence-electron chi connectivity index (χ0n) is 11.6. The summed E-state index contributed by atoms with van der Waals surface area (Å²) >= 11 is 5.87. The Kier molecular flexibility index (Phi) is 5.03. The highest BCUT2D eigenvalue weighted by Gasteiger charge is 2.30. The van der Waals surface area contributed by atoms with Gasteiger partial charge in [-0.15, -0.1) is 0 Å². The Labute approximate surface area is 133 Å². The van der Waals surface area contributed by atoms with Crippen molar-refractivity contribution in [2.75, 3.05) is 32.8 Å². The predicted octanol–water partition coefficient (Wildman–Crippen LogP) is 0.0369. The van der Waals surface area contributed by atoms with Crippen LogP contribution in [-0.2, 0) is 14.8 Å². The number of hydrogen-bond acceptors (Lipinski definition) is 5. The molecule has 0 saturated carbocycles. The van der Waals surface area contributed by atoms with Gasteiger partial charge in [0, 0.05) is 26.2 Å². The van der Waals surface area contributed by atoms with Crippen molar-refractivity contribution in [2.24, 2.45) is 0 Å². The molecule has 7 nitrogen and oxygen atoms in total. The number of hydrogen-bond donors (Lipinski definition) is 1. The quantitative estimate of drug-likeness (QED) is 0.834. The van der Waals surface area contributed by atoms with Gasteiger partial charge in [-0.25, -0.2) is 8.42 Å². The average molecular weight is 344 g/mol. The zero-order chi connectivity index (χ0) is 16.3. The Morgan fingerprint density at radius 2 is 1.95 bits per heavy atom. The summed E-state index contributed by atoms with van der Waals surface area (Å²) < 4.78 is 26.3. The fourth-order valence-electron chi connectivity index (χ4n) is 2.17. The molecule has 0 atom stereocenters. The van der Waals surface area contributed by atoms with Crippen molar-refractivity contribution in [3.05, 3.63) is 28.8 Å². The summed E-state index contributed by atoms with van der Waals surface area (Å²) in [5.74, 6) is -0.418. The van der Waals surface area contributed by atoms with Crippen molar-refractivity contribution >= 4 is 27.5 Å². The van der Waals surface area contributed by atoms with Crippen LogP contribution in [0.4, 0.5) is 0 Å². The lowest BCUT2D eigenvalue weighted by molar-refractivity contribution is -0.135. The number of halogens is 1. The highest BCUT2D eigenvalue weighted by molar-refractivity contribution is 7.89. The summed E-state index contributed by atoms with van der Waals surface area (Å²) in [5.41, 5.74) is 0.207. The molecule has 22 heavy (non-hydrogen) atoms. The third-order valence-corrected chi connectivity index (χ3v) is 5.63. The van der Waals surface area contributed by atoms with E-state index >= 15 is 0 Å². The van der Waals surface area contributed by atoms with E-state index in [2.05, 4.69) is 0 Å². The molecule has 1 fully saturated rings. The van der Waals surface area contributed by atoms with Crippen molar-refractivity contribution in [3.63, 3.8) is 0 Å². The van der Waals surface area contributed by atoms with Crippen LogP contribution in [0.5, 0.6) is 0 Å². The van der Waals surface area contributed by atoms with Gasteiger partial charge in [0.1, 0.15) is 12.7 Å². The average Bonchev–Trinajstić information content (AvgIpc) is 2.54. The molecule has 2 rings (SSSR count). The summed E-state index contributed by atoms with van der Waals surface area (Å²) in [6.07, 6.45) is 0. The van der Waals surface area contributed by atoms with Crippen molar-refractivity contribution in [2.45, 2.75) is 4.90 Å². The lowest BCUT2D eigenvalue weighted by Crippen LogP contribution is -2.51. The predicted molar refractivity (Wildman–Crippen MR) is 78.6 cm³/mol. The van der Waals surface area contributed by atoms with Crippen LogP contribution in [0.2, 0.25) is 5.02 Å². The Morgan fingerprint density at radius 1 is 1.32 bits per heavy atom. The minimum atomic E-state index is -3.73. The van der Waals surface area contributed by atoms with Gasteiger partial charge < -0.3 is 10.0 Å². The number of carbonyl (C=O) groups excluding carboxylic acids is 1. The summed E-state index contributed by atoms with van der Waals surface area (Å²) in [6.45, 7) is 0.153. The molecular weight excluding hydrogens is 330 g/mol. The molecule has 1 aliphatic heterocycles. The number of carbonyl (C=O) groups is 1. The van der Waals surface area contributed by atoms with E-state index in [0.717, 1.165) is 0 Å². The van der Waals surface area contributed by atoms with Crippen LogP contribution < -0.4 is 0 Å². The number of amides is 1. The molecule has 1 aliphatic rings. The minimum absolute atomic E-state index is 0.0124. The lowest BCUT2D eigenvalue weighted by Gasteiger charge is -2.33. The summed E-state index contributed by atoms with van der Waals surface area (Å²) in [6, 6.07) is 5.82. The van der Waals surface area contributed by atoms with Gasteiger partial charge >= 0.3 is 0 Å². The van der Waals surface area contributed by atoms with Gasteiger partial charge in [0.2, 0.25) is 15.9 Å². The topological polar surface area (TPSA) is 102 Å². The van der Waals surface area contributed by atoms with Gasteiger partial charge in [0.05, 0.1) is 15.5 Å². The molecule has 1 saturated heterocycles. The minimum Gasteiger partial charge on any atom is -0.387 e. The molecule has 9 heteroatoms. The summed E-state index contributed by atoms with van der Waals surface area (Å²) in [4.78, 5) is 12.8. The molecule has 0 aliphatic carbocycles. The zero-order valence-corrected chi connectivity index (χ0v) is 13.1. The smallest absolute Gasteiger partial charge is 0.248 e. The number of sulfonamides is 1. The molecule has 1 aromatic rings. The highest BCUT2D eigenvalue weighted by atomic mass is 35.5. The fourth-order valence-corrected chi connectivity index (χ4v) is 3.91. The number of nitriles is 1. The van der Waals surface area contributed by atoms with E-state index in [1.165, 1.54) is 27.4 Å². The Morgan fingerprint density at radius 3 is 2.45 bits per heavy atom. The van der Waals surface area contributed by atoms with Crippen LogP contribution in [0.1, 0.15) is 5.56 Å². The summed E-state index contributed by atoms with van der Waals surface area (Å²) in [7, 11) is -3.73. The normalized spacial score (nSPS) is 16.3. The molecular formula is C13H14ClN3O4S. The van der Waals surface area contributed by atoms with Gasteiger partial charge in [0.15, 0.2) is 0 Å². The molecule has 1 heterocycles. The van der Waals surface area contributed by atoms with E-state index in [1.807, 2.05) is 6.07 Å². The molecule has 1 amide bonds. The van der Waals surface area contributed by atoms with E-state index in [4.69, 9.17) is 22.0 Å². The maximum absolute atomic E-state index is 12.5. The Bertz CT molecular complexity index is 721. The van der Waals surface area contributed by atoms with Crippen molar-refractivity contribution < 1.29 is 18.3 Å². The SMILES string of the molecule is N#Cc1ccc(S(=O)(=O)N2CCN(C(=O)CO)CC2)cc1Cl. The monoisotopic (exact) mass is 343 g/mol. The van der Waals surface area contributed by atoms with Gasteiger partial charge in [-0.2, -0.15) is 9.57 Å².